The second-order valence-electron chi connectivity index (χ2n) is 5.62. The van der Waals surface area contributed by atoms with Gasteiger partial charge in [0, 0.05) is 30.4 Å². The highest BCUT2D eigenvalue weighted by Gasteiger charge is 2.33. The van der Waals surface area contributed by atoms with Gasteiger partial charge in [-0.1, -0.05) is 39.2 Å². The highest BCUT2D eigenvalue weighted by atomic mass is 14.9. The molecule has 0 saturated heterocycles. The molecule has 1 aliphatic carbocycles. The maximum Gasteiger partial charge on any atom is 0.0306 e. The molecule has 1 aromatic rings. The second kappa shape index (κ2) is 5.63. The van der Waals surface area contributed by atoms with Gasteiger partial charge < -0.3 is 5.32 Å². The summed E-state index contributed by atoms with van der Waals surface area (Å²) in [5.41, 5.74) is 1.75. The molecule has 1 N–H and O–H groups in total. The van der Waals surface area contributed by atoms with Crippen LogP contribution in [-0.2, 0) is 5.41 Å². The van der Waals surface area contributed by atoms with Gasteiger partial charge in [-0.2, -0.15) is 0 Å². The van der Waals surface area contributed by atoms with Gasteiger partial charge in [-0.25, -0.2) is 0 Å². The Labute approximate surface area is 105 Å². The Morgan fingerprint density at radius 1 is 1.29 bits per heavy atom. The monoisotopic (exact) mass is 232 g/mol. The summed E-state index contributed by atoms with van der Waals surface area (Å²) in [4.78, 5) is 4.30. The fourth-order valence-corrected chi connectivity index (χ4v) is 2.87. The van der Waals surface area contributed by atoms with E-state index < -0.39 is 0 Å². The summed E-state index contributed by atoms with van der Waals surface area (Å²) >= 11 is 0. The molecule has 0 spiro atoms. The smallest absolute Gasteiger partial charge is 0.0306 e. The largest absolute Gasteiger partial charge is 0.314 e. The number of aromatic nitrogens is 1. The lowest BCUT2D eigenvalue weighted by Gasteiger charge is -2.38. The summed E-state index contributed by atoms with van der Waals surface area (Å²) in [5.74, 6) is 0. The fourth-order valence-electron chi connectivity index (χ4n) is 2.87. The maximum absolute atomic E-state index is 4.30. The van der Waals surface area contributed by atoms with Crippen molar-refractivity contribution in [2.45, 2.75) is 57.4 Å². The van der Waals surface area contributed by atoms with E-state index in [9.17, 15) is 0 Å². The standard InChI is InChI=1S/C15H24N2/c1-13(2)17-12-15(8-4-3-5-9-15)14-7-6-10-16-11-14/h6-7,10-11,13,17H,3-5,8-9,12H2,1-2H3. The van der Waals surface area contributed by atoms with E-state index in [4.69, 9.17) is 0 Å². The molecule has 94 valence electrons. The van der Waals surface area contributed by atoms with Gasteiger partial charge in [-0.3, -0.25) is 4.98 Å². The molecule has 2 nitrogen and oxygen atoms in total. The van der Waals surface area contributed by atoms with Crippen LogP contribution in [0.15, 0.2) is 24.5 Å². The van der Waals surface area contributed by atoms with Crippen molar-refractivity contribution in [3.63, 3.8) is 0 Å². The summed E-state index contributed by atoms with van der Waals surface area (Å²) in [6, 6.07) is 4.88. The van der Waals surface area contributed by atoms with Gasteiger partial charge in [-0.15, -0.1) is 0 Å². The van der Waals surface area contributed by atoms with Gasteiger partial charge in [0.15, 0.2) is 0 Å². The molecule has 1 aromatic heterocycles. The SMILES string of the molecule is CC(C)NCC1(c2cccnc2)CCCCC1. The van der Waals surface area contributed by atoms with Gasteiger partial charge in [0.25, 0.3) is 0 Å². The first-order valence-corrected chi connectivity index (χ1v) is 6.87. The molecule has 0 aromatic carbocycles. The Bertz CT molecular complexity index is 326. The summed E-state index contributed by atoms with van der Waals surface area (Å²) < 4.78 is 0. The van der Waals surface area contributed by atoms with Crippen LogP contribution in [0.4, 0.5) is 0 Å². The highest BCUT2D eigenvalue weighted by molar-refractivity contribution is 5.23. The zero-order chi connectivity index (χ0) is 12.1. The van der Waals surface area contributed by atoms with Crippen molar-refractivity contribution in [1.29, 1.82) is 0 Å². The summed E-state index contributed by atoms with van der Waals surface area (Å²) in [7, 11) is 0. The number of hydrogen-bond acceptors (Lipinski definition) is 2. The van der Waals surface area contributed by atoms with Gasteiger partial charge in [-0.05, 0) is 24.5 Å². The highest BCUT2D eigenvalue weighted by Crippen LogP contribution is 2.38. The van der Waals surface area contributed by atoms with Crippen LogP contribution in [0.25, 0.3) is 0 Å². The minimum absolute atomic E-state index is 0.330. The molecule has 17 heavy (non-hydrogen) atoms. The lowest BCUT2D eigenvalue weighted by Crippen LogP contribution is -2.42. The Hall–Kier alpha value is -0.890. The first-order valence-electron chi connectivity index (χ1n) is 6.87. The van der Waals surface area contributed by atoms with Crippen LogP contribution < -0.4 is 5.32 Å². The Balaban J connectivity index is 2.17. The lowest BCUT2D eigenvalue weighted by atomic mass is 9.69. The molecule has 1 saturated carbocycles. The number of hydrogen-bond donors (Lipinski definition) is 1. The predicted molar refractivity (Wildman–Crippen MR) is 72.1 cm³/mol. The van der Waals surface area contributed by atoms with Gasteiger partial charge in [0.2, 0.25) is 0 Å². The van der Waals surface area contributed by atoms with Crippen LogP contribution >= 0.6 is 0 Å². The molecule has 1 aliphatic rings. The molecule has 2 heteroatoms. The van der Waals surface area contributed by atoms with E-state index in [1.54, 1.807) is 0 Å². The zero-order valence-electron chi connectivity index (χ0n) is 11.1. The molecular weight excluding hydrogens is 208 g/mol. The Morgan fingerprint density at radius 3 is 2.65 bits per heavy atom. The number of nitrogens with zero attached hydrogens (tertiary/aromatic N) is 1. The third kappa shape index (κ3) is 3.06. The van der Waals surface area contributed by atoms with E-state index in [0.29, 0.717) is 11.5 Å². The van der Waals surface area contributed by atoms with Crippen molar-refractivity contribution in [3.05, 3.63) is 30.1 Å². The number of nitrogens with one attached hydrogen (secondary N) is 1. The van der Waals surface area contributed by atoms with E-state index in [1.165, 1.54) is 37.7 Å². The molecule has 0 aliphatic heterocycles. The maximum atomic E-state index is 4.30. The average molecular weight is 232 g/mol. The topological polar surface area (TPSA) is 24.9 Å². The van der Waals surface area contributed by atoms with Crippen molar-refractivity contribution < 1.29 is 0 Å². The number of rotatable bonds is 4. The van der Waals surface area contributed by atoms with Crippen LogP contribution in [0, 0.1) is 0 Å². The first kappa shape index (κ1) is 12.6. The van der Waals surface area contributed by atoms with Crippen molar-refractivity contribution in [1.82, 2.24) is 10.3 Å². The van der Waals surface area contributed by atoms with Gasteiger partial charge in [0.05, 0.1) is 0 Å². The van der Waals surface area contributed by atoms with E-state index >= 15 is 0 Å². The second-order valence-corrected chi connectivity index (χ2v) is 5.62. The van der Waals surface area contributed by atoms with Crippen LogP contribution in [0.1, 0.15) is 51.5 Å². The van der Waals surface area contributed by atoms with Crippen LogP contribution in [0.3, 0.4) is 0 Å². The minimum Gasteiger partial charge on any atom is -0.314 e. The van der Waals surface area contributed by atoms with E-state index in [1.807, 2.05) is 6.20 Å². The van der Waals surface area contributed by atoms with Gasteiger partial charge >= 0.3 is 0 Å². The molecule has 2 rings (SSSR count). The minimum atomic E-state index is 0.330. The fraction of sp³-hybridized carbons (Fsp3) is 0.667. The molecule has 0 radical (unpaired) electrons. The quantitative estimate of drug-likeness (QED) is 0.861. The van der Waals surface area contributed by atoms with E-state index in [2.05, 4.69) is 42.5 Å². The van der Waals surface area contributed by atoms with Gasteiger partial charge in [0.1, 0.15) is 0 Å². The third-order valence-corrected chi connectivity index (χ3v) is 3.93. The predicted octanol–water partition coefficient (Wildman–Crippen LogP) is 3.28. The van der Waals surface area contributed by atoms with Crippen LogP contribution in [0.2, 0.25) is 0 Å². The van der Waals surface area contributed by atoms with Crippen molar-refractivity contribution in [2.24, 2.45) is 0 Å². The van der Waals surface area contributed by atoms with Crippen molar-refractivity contribution in [3.8, 4) is 0 Å². The lowest BCUT2D eigenvalue weighted by molar-refractivity contribution is 0.273. The zero-order valence-corrected chi connectivity index (χ0v) is 11.1. The average Bonchev–Trinajstić information content (AvgIpc) is 2.39. The summed E-state index contributed by atoms with van der Waals surface area (Å²) in [6.45, 7) is 5.54. The summed E-state index contributed by atoms with van der Waals surface area (Å²) in [6.07, 6.45) is 10.6. The number of pyridine rings is 1. The Kier molecular flexibility index (Phi) is 4.16. The molecule has 0 atom stereocenters. The van der Waals surface area contributed by atoms with Crippen LogP contribution in [-0.4, -0.2) is 17.6 Å². The molecular formula is C15H24N2. The third-order valence-electron chi connectivity index (χ3n) is 3.93. The first-order chi connectivity index (χ1) is 8.23. The summed E-state index contributed by atoms with van der Waals surface area (Å²) in [5, 5.41) is 3.63. The molecule has 1 fully saturated rings. The van der Waals surface area contributed by atoms with Crippen LogP contribution in [0.5, 0.6) is 0 Å². The molecule has 0 bridgehead atoms. The van der Waals surface area contributed by atoms with E-state index in [-0.39, 0.29) is 0 Å². The van der Waals surface area contributed by atoms with Crippen molar-refractivity contribution in [2.75, 3.05) is 6.54 Å². The molecule has 0 unspecified atom stereocenters. The molecule has 1 heterocycles. The van der Waals surface area contributed by atoms with Crippen molar-refractivity contribution >= 4 is 0 Å². The normalized spacial score (nSPS) is 19.5. The Morgan fingerprint density at radius 2 is 2.06 bits per heavy atom. The van der Waals surface area contributed by atoms with E-state index in [0.717, 1.165) is 6.54 Å². The molecule has 0 amide bonds.